The first-order valence-corrected chi connectivity index (χ1v) is 9.80. The molecule has 7 heteroatoms. The van der Waals surface area contributed by atoms with E-state index in [4.69, 9.17) is 21.1 Å². The summed E-state index contributed by atoms with van der Waals surface area (Å²) in [5.74, 6) is 1.78. The van der Waals surface area contributed by atoms with E-state index in [9.17, 15) is 9.18 Å². The third-order valence-electron chi connectivity index (χ3n) is 4.56. The number of ether oxygens (including phenoxy) is 2. The summed E-state index contributed by atoms with van der Waals surface area (Å²) in [6, 6.07) is 9.91. The molecule has 4 rings (SSSR count). The highest BCUT2D eigenvalue weighted by Crippen LogP contribution is 2.40. The molecule has 0 saturated carbocycles. The summed E-state index contributed by atoms with van der Waals surface area (Å²) in [4.78, 5) is 14.5. The molecule has 1 fully saturated rings. The average Bonchev–Trinajstić information content (AvgIpc) is 2.96. The molecule has 26 heavy (non-hydrogen) atoms. The topological polar surface area (TPSA) is 38.8 Å². The Labute approximate surface area is 160 Å². The third kappa shape index (κ3) is 3.48. The van der Waals surface area contributed by atoms with Gasteiger partial charge in [0, 0.05) is 24.1 Å². The van der Waals surface area contributed by atoms with Gasteiger partial charge in [-0.15, -0.1) is 0 Å². The van der Waals surface area contributed by atoms with Crippen molar-refractivity contribution >= 4 is 29.3 Å². The molecule has 2 aromatic rings. The molecule has 0 aliphatic carbocycles. The smallest absolute Gasteiger partial charge is 0.255 e. The van der Waals surface area contributed by atoms with Gasteiger partial charge in [-0.3, -0.25) is 4.79 Å². The fourth-order valence-electron chi connectivity index (χ4n) is 3.19. The van der Waals surface area contributed by atoms with Gasteiger partial charge < -0.3 is 14.4 Å². The fourth-order valence-corrected chi connectivity index (χ4v) is 4.66. The third-order valence-corrected chi connectivity index (χ3v) is 6.20. The van der Waals surface area contributed by atoms with E-state index in [2.05, 4.69) is 6.07 Å². The number of carbonyl (C=O) groups excluding carboxylic acids is 1. The van der Waals surface area contributed by atoms with Gasteiger partial charge in [-0.25, -0.2) is 4.39 Å². The van der Waals surface area contributed by atoms with Crippen molar-refractivity contribution in [2.75, 3.05) is 25.6 Å². The van der Waals surface area contributed by atoms with E-state index >= 15 is 0 Å². The molecule has 0 bridgehead atoms. The monoisotopic (exact) mass is 393 g/mol. The van der Waals surface area contributed by atoms with Crippen molar-refractivity contribution in [3.8, 4) is 11.5 Å². The standard InChI is InChI=1S/C19H17ClFNO3S/c20-15-10-13(21)2-3-14(15)19(23)22-6-5-18(26-8-7-22)12-1-4-16-17(9-12)25-11-24-16/h1-4,9-10,18H,5-8,11H2. The molecule has 2 aliphatic rings. The number of halogens is 2. The highest BCUT2D eigenvalue weighted by molar-refractivity contribution is 7.99. The summed E-state index contributed by atoms with van der Waals surface area (Å²) >= 11 is 7.87. The quantitative estimate of drug-likeness (QED) is 0.751. The Balaban J connectivity index is 1.47. The first kappa shape index (κ1) is 17.5. The number of amides is 1. The fraction of sp³-hybridized carbons (Fsp3) is 0.316. The summed E-state index contributed by atoms with van der Waals surface area (Å²) < 4.78 is 24.0. The van der Waals surface area contributed by atoms with Crippen LogP contribution in [-0.2, 0) is 0 Å². The van der Waals surface area contributed by atoms with Gasteiger partial charge in [0.05, 0.1) is 10.6 Å². The Morgan fingerprint density at radius 2 is 2.00 bits per heavy atom. The predicted molar refractivity (Wildman–Crippen MR) is 99.7 cm³/mol. The van der Waals surface area contributed by atoms with E-state index in [0.29, 0.717) is 18.7 Å². The van der Waals surface area contributed by atoms with Crippen LogP contribution in [0.1, 0.15) is 27.6 Å². The minimum Gasteiger partial charge on any atom is -0.454 e. The van der Waals surface area contributed by atoms with Crippen molar-refractivity contribution in [3.63, 3.8) is 0 Å². The largest absolute Gasteiger partial charge is 0.454 e. The number of nitrogens with zero attached hydrogens (tertiary/aromatic N) is 1. The van der Waals surface area contributed by atoms with Crippen LogP contribution in [-0.4, -0.2) is 36.4 Å². The molecule has 0 spiro atoms. The van der Waals surface area contributed by atoms with Gasteiger partial charge in [0.25, 0.3) is 5.91 Å². The molecule has 1 saturated heterocycles. The number of rotatable bonds is 2. The van der Waals surface area contributed by atoms with E-state index in [0.717, 1.165) is 23.7 Å². The number of fused-ring (bicyclic) bond motifs is 1. The van der Waals surface area contributed by atoms with Crippen LogP contribution in [0, 0.1) is 5.82 Å². The zero-order chi connectivity index (χ0) is 18.1. The van der Waals surface area contributed by atoms with Crippen LogP contribution >= 0.6 is 23.4 Å². The van der Waals surface area contributed by atoms with Crippen LogP contribution in [0.3, 0.4) is 0 Å². The lowest BCUT2D eigenvalue weighted by molar-refractivity contribution is 0.0766. The molecule has 1 amide bonds. The number of carbonyl (C=O) groups is 1. The maximum Gasteiger partial charge on any atom is 0.255 e. The molecule has 2 heterocycles. The molecule has 4 nitrogen and oxygen atoms in total. The minimum atomic E-state index is -0.444. The van der Waals surface area contributed by atoms with E-state index in [1.807, 2.05) is 23.9 Å². The van der Waals surface area contributed by atoms with Crippen LogP contribution < -0.4 is 9.47 Å². The minimum absolute atomic E-state index is 0.151. The van der Waals surface area contributed by atoms with Crippen LogP contribution in [0.25, 0.3) is 0 Å². The zero-order valence-electron chi connectivity index (χ0n) is 13.9. The second-order valence-electron chi connectivity index (χ2n) is 6.18. The van der Waals surface area contributed by atoms with Crippen molar-refractivity contribution in [3.05, 3.63) is 58.4 Å². The van der Waals surface area contributed by atoms with Crippen molar-refractivity contribution in [2.45, 2.75) is 11.7 Å². The molecular formula is C19H17ClFNO3S. The first-order chi connectivity index (χ1) is 12.6. The Bertz CT molecular complexity index is 848. The summed E-state index contributed by atoms with van der Waals surface area (Å²) in [6.45, 7) is 1.52. The second-order valence-corrected chi connectivity index (χ2v) is 7.89. The molecule has 0 radical (unpaired) electrons. The Morgan fingerprint density at radius 3 is 2.85 bits per heavy atom. The molecular weight excluding hydrogens is 377 g/mol. The molecule has 0 aromatic heterocycles. The molecule has 0 N–H and O–H groups in total. The lowest BCUT2D eigenvalue weighted by Gasteiger charge is -2.21. The Hall–Kier alpha value is -1.92. The van der Waals surface area contributed by atoms with E-state index in [1.165, 1.54) is 23.8 Å². The van der Waals surface area contributed by atoms with Gasteiger partial charge in [-0.05, 0) is 42.3 Å². The number of benzene rings is 2. The lowest BCUT2D eigenvalue weighted by Crippen LogP contribution is -2.33. The normalized spacial score (nSPS) is 19.3. The molecule has 136 valence electrons. The van der Waals surface area contributed by atoms with Gasteiger partial charge in [-0.1, -0.05) is 17.7 Å². The zero-order valence-corrected chi connectivity index (χ0v) is 15.5. The van der Waals surface area contributed by atoms with E-state index in [-0.39, 0.29) is 23.0 Å². The van der Waals surface area contributed by atoms with Crippen molar-refractivity contribution in [1.82, 2.24) is 4.90 Å². The molecule has 2 aromatic carbocycles. The highest BCUT2D eigenvalue weighted by Gasteiger charge is 2.25. The predicted octanol–water partition coefficient (Wildman–Crippen LogP) is 4.53. The number of hydrogen-bond donors (Lipinski definition) is 0. The second kappa shape index (κ2) is 7.37. The summed E-state index contributed by atoms with van der Waals surface area (Å²) in [7, 11) is 0. The van der Waals surface area contributed by atoms with Crippen LogP contribution in [0.5, 0.6) is 11.5 Å². The maximum absolute atomic E-state index is 13.2. The summed E-state index contributed by atoms with van der Waals surface area (Å²) in [5, 5.41) is 0.435. The summed E-state index contributed by atoms with van der Waals surface area (Å²) in [5.41, 5.74) is 1.52. The Kier molecular flexibility index (Phi) is 4.96. The first-order valence-electron chi connectivity index (χ1n) is 8.37. The van der Waals surface area contributed by atoms with E-state index in [1.54, 1.807) is 4.90 Å². The van der Waals surface area contributed by atoms with Crippen molar-refractivity contribution in [2.24, 2.45) is 0 Å². The van der Waals surface area contributed by atoms with Gasteiger partial charge >= 0.3 is 0 Å². The van der Waals surface area contributed by atoms with E-state index < -0.39 is 5.82 Å². The number of thioether (sulfide) groups is 1. The number of hydrogen-bond acceptors (Lipinski definition) is 4. The Morgan fingerprint density at radius 1 is 1.15 bits per heavy atom. The van der Waals surface area contributed by atoms with Gasteiger partial charge in [0.15, 0.2) is 11.5 Å². The van der Waals surface area contributed by atoms with Gasteiger partial charge in [0.2, 0.25) is 6.79 Å². The molecule has 1 atom stereocenters. The maximum atomic E-state index is 13.2. The molecule has 1 unspecified atom stereocenters. The van der Waals surface area contributed by atoms with Gasteiger partial charge in [0.1, 0.15) is 5.82 Å². The van der Waals surface area contributed by atoms with Crippen LogP contribution in [0.15, 0.2) is 36.4 Å². The van der Waals surface area contributed by atoms with Crippen molar-refractivity contribution in [1.29, 1.82) is 0 Å². The van der Waals surface area contributed by atoms with Crippen LogP contribution in [0.4, 0.5) is 4.39 Å². The lowest BCUT2D eigenvalue weighted by atomic mass is 10.1. The summed E-state index contributed by atoms with van der Waals surface area (Å²) in [6.07, 6.45) is 0.828. The van der Waals surface area contributed by atoms with Crippen molar-refractivity contribution < 1.29 is 18.7 Å². The SMILES string of the molecule is O=C(c1ccc(F)cc1Cl)N1CCSC(c2ccc3c(c2)OCO3)CC1. The van der Waals surface area contributed by atoms with Gasteiger partial charge in [-0.2, -0.15) is 11.8 Å². The van der Waals surface area contributed by atoms with Crippen LogP contribution in [0.2, 0.25) is 5.02 Å². The highest BCUT2D eigenvalue weighted by atomic mass is 35.5. The molecule has 2 aliphatic heterocycles. The average molecular weight is 394 g/mol.